The number of rotatable bonds is 7. The minimum absolute atomic E-state index is 0.154. The predicted octanol–water partition coefficient (Wildman–Crippen LogP) is 2.26. The monoisotopic (exact) mass is 299 g/mol. The van der Waals surface area contributed by atoms with Gasteiger partial charge < -0.3 is 10.1 Å². The third kappa shape index (κ3) is 3.78. The largest absolute Gasteiger partial charge is 0.383 e. The summed E-state index contributed by atoms with van der Waals surface area (Å²) in [5.74, 6) is -1.76. The first-order valence-electron chi connectivity index (χ1n) is 6.19. The molecule has 1 N–H and O–H groups in total. The van der Waals surface area contributed by atoms with E-state index >= 15 is 0 Å². The molecule has 0 spiro atoms. The van der Waals surface area contributed by atoms with Crippen LogP contribution in [0, 0.1) is 11.6 Å². The average Bonchev–Trinajstić information content (AvgIpc) is 2.90. The second kappa shape index (κ2) is 7.37. The Morgan fingerprint density at radius 3 is 2.90 bits per heavy atom. The SMILES string of the molecule is COCCNCCc1nnc(-c2cccc(F)c2F)s1. The molecule has 0 saturated heterocycles. The van der Waals surface area contributed by atoms with Crippen LogP contribution in [0.3, 0.4) is 0 Å². The molecule has 0 radical (unpaired) electrons. The highest BCUT2D eigenvalue weighted by atomic mass is 32.1. The Kier molecular flexibility index (Phi) is 5.51. The van der Waals surface area contributed by atoms with E-state index in [1.165, 1.54) is 23.5 Å². The maximum Gasteiger partial charge on any atom is 0.169 e. The number of halogens is 2. The van der Waals surface area contributed by atoms with Gasteiger partial charge in [0, 0.05) is 26.6 Å². The van der Waals surface area contributed by atoms with Crippen molar-refractivity contribution in [3.8, 4) is 10.6 Å². The van der Waals surface area contributed by atoms with Gasteiger partial charge in [-0.15, -0.1) is 10.2 Å². The number of ether oxygens (including phenoxy) is 1. The van der Waals surface area contributed by atoms with E-state index in [4.69, 9.17) is 4.74 Å². The molecule has 108 valence electrons. The quantitative estimate of drug-likeness (QED) is 0.797. The van der Waals surface area contributed by atoms with Crippen molar-refractivity contribution in [2.45, 2.75) is 6.42 Å². The van der Waals surface area contributed by atoms with Crippen molar-refractivity contribution in [2.24, 2.45) is 0 Å². The normalized spacial score (nSPS) is 10.9. The number of hydrogen-bond acceptors (Lipinski definition) is 5. The van der Waals surface area contributed by atoms with E-state index in [1.54, 1.807) is 7.11 Å². The number of nitrogens with one attached hydrogen (secondary N) is 1. The Hall–Kier alpha value is -1.44. The summed E-state index contributed by atoms with van der Waals surface area (Å²) in [5.41, 5.74) is 0.154. The van der Waals surface area contributed by atoms with Crippen molar-refractivity contribution >= 4 is 11.3 Å². The van der Waals surface area contributed by atoms with Crippen molar-refractivity contribution in [3.05, 3.63) is 34.8 Å². The molecular formula is C13H15F2N3OS. The summed E-state index contributed by atoms with van der Waals surface area (Å²) in [7, 11) is 1.65. The van der Waals surface area contributed by atoms with Crippen LogP contribution in [0.2, 0.25) is 0 Å². The van der Waals surface area contributed by atoms with Crippen molar-refractivity contribution in [1.82, 2.24) is 15.5 Å². The van der Waals surface area contributed by atoms with E-state index in [1.807, 2.05) is 0 Å². The molecule has 1 aromatic carbocycles. The van der Waals surface area contributed by atoms with Gasteiger partial charge in [0.1, 0.15) is 5.01 Å². The lowest BCUT2D eigenvalue weighted by Crippen LogP contribution is -2.21. The van der Waals surface area contributed by atoms with Crippen LogP contribution in [0.4, 0.5) is 8.78 Å². The standard InChI is InChI=1S/C13H15F2N3OS/c1-19-8-7-16-6-5-11-17-18-13(20-11)9-3-2-4-10(14)12(9)15/h2-4,16H,5-8H2,1H3. The molecule has 2 aromatic rings. The lowest BCUT2D eigenvalue weighted by molar-refractivity contribution is 0.199. The van der Waals surface area contributed by atoms with Crippen LogP contribution in [-0.4, -0.2) is 37.0 Å². The molecule has 20 heavy (non-hydrogen) atoms. The van der Waals surface area contributed by atoms with E-state index < -0.39 is 11.6 Å². The zero-order valence-corrected chi connectivity index (χ0v) is 11.8. The fourth-order valence-electron chi connectivity index (χ4n) is 1.63. The van der Waals surface area contributed by atoms with E-state index in [0.717, 1.165) is 24.2 Å². The molecule has 7 heteroatoms. The molecule has 0 atom stereocenters. The Morgan fingerprint density at radius 1 is 1.25 bits per heavy atom. The van der Waals surface area contributed by atoms with E-state index in [2.05, 4.69) is 15.5 Å². The summed E-state index contributed by atoms with van der Waals surface area (Å²) in [6.07, 6.45) is 0.693. The molecule has 1 heterocycles. The van der Waals surface area contributed by atoms with Gasteiger partial charge in [0.25, 0.3) is 0 Å². The van der Waals surface area contributed by atoms with Crippen LogP contribution in [0.1, 0.15) is 5.01 Å². The molecule has 1 aromatic heterocycles. The van der Waals surface area contributed by atoms with E-state index in [0.29, 0.717) is 18.0 Å². The van der Waals surface area contributed by atoms with Gasteiger partial charge in [-0.1, -0.05) is 17.4 Å². The van der Waals surface area contributed by atoms with Crippen LogP contribution in [-0.2, 0) is 11.2 Å². The second-order valence-corrected chi connectivity index (χ2v) is 5.16. The topological polar surface area (TPSA) is 47.0 Å². The Morgan fingerprint density at radius 2 is 2.10 bits per heavy atom. The average molecular weight is 299 g/mol. The van der Waals surface area contributed by atoms with Crippen LogP contribution in [0.25, 0.3) is 10.6 Å². The summed E-state index contributed by atoms with van der Waals surface area (Å²) in [6, 6.07) is 4.04. The molecule has 0 aliphatic rings. The van der Waals surface area contributed by atoms with Gasteiger partial charge in [-0.05, 0) is 12.1 Å². The van der Waals surface area contributed by atoms with Crippen LogP contribution >= 0.6 is 11.3 Å². The van der Waals surface area contributed by atoms with Gasteiger partial charge in [0.05, 0.1) is 12.2 Å². The van der Waals surface area contributed by atoms with Crippen LogP contribution in [0.5, 0.6) is 0 Å². The Balaban J connectivity index is 1.97. The van der Waals surface area contributed by atoms with Gasteiger partial charge in [-0.25, -0.2) is 8.78 Å². The van der Waals surface area contributed by atoms with Gasteiger partial charge in [0.2, 0.25) is 0 Å². The lowest BCUT2D eigenvalue weighted by atomic mass is 10.2. The van der Waals surface area contributed by atoms with Crippen molar-refractivity contribution in [1.29, 1.82) is 0 Å². The summed E-state index contributed by atoms with van der Waals surface area (Å²) >= 11 is 1.27. The van der Waals surface area contributed by atoms with Gasteiger partial charge >= 0.3 is 0 Å². The smallest absolute Gasteiger partial charge is 0.169 e. The zero-order valence-electron chi connectivity index (χ0n) is 11.0. The minimum Gasteiger partial charge on any atom is -0.383 e. The lowest BCUT2D eigenvalue weighted by Gasteiger charge is -2.01. The number of methoxy groups -OCH3 is 1. The molecule has 0 aliphatic carbocycles. The molecule has 0 amide bonds. The fourth-order valence-corrected chi connectivity index (χ4v) is 2.49. The highest BCUT2D eigenvalue weighted by Gasteiger charge is 2.14. The summed E-state index contributed by atoms with van der Waals surface area (Å²) < 4.78 is 31.7. The summed E-state index contributed by atoms with van der Waals surface area (Å²) in [5, 5.41) is 12.3. The second-order valence-electron chi connectivity index (χ2n) is 4.10. The number of benzene rings is 1. The molecule has 0 bridgehead atoms. The highest BCUT2D eigenvalue weighted by Crippen LogP contribution is 2.27. The number of nitrogens with zero attached hydrogens (tertiary/aromatic N) is 2. The Bertz CT molecular complexity index is 562. The maximum atomic E-state index is 13.6. The molecule has 0 fully saturated rings. The minimum atomic E-state index is -0.881. The maximum absolute atomic E-state index is 13.6. The van der Waals surface area contributed by atoms with Gasteiger partial charge in [-0.3, -0.25) is 0 Å². The Labute approximate surface area is 119 Å². The third-order valence-corrected chi connectivity index (χ3v) is 3.66. The van der Waals surface area contributed by atoms with Gasteiger partial charge in [-0.2, -0.15) is 0 Å². The molecule has 0 aliphatic heterocycles. The molecule has 4 nitrogen and oxygen atoms in total. The first-order valence-corrected chi connectivity index (χ1v) is 7.00. The number of hydrogen-bond donors (Lipinski definition) is 1. The predicted molar refractivity (Wildman–Crippen MR) is 73.7 cm³/mol. The van der Waals surface area contributed by atoms with Crippen molar-refractivity contribution < 1.29 is 13.5 Å². The van der Waals surface area contributed by atoms with Crippen molar-refractivity contribution in [3.63, 3.8) is 0 Å². The molecule has 0 saturated carbocycles. The van der Waals surface area contributed by atoms with Crippen LogP contribution < -0.4 is 5.32 Å². The third-order valence-electron chi connectivity index (χ3n) is 2.65. The fraction of sp³-hybridized carbons (Fsp3) is 0.385. The molecular weight excluding hydrogens is 284 g/mol. The first kappa shape index (κ1) is 15.0. The van der Waals surface area contributed by atoms with Gasteiger partial charge in [0.15, 0.2) is 16.6 Å². The van der Waals surface area contributed by atoms with E-state index in [9.17, 15) is 8.78 Å². The summed E-state index contributed by atoms with van der Waals surface area (Å²) in [4.78, 5) is 0. The van der Waals surface area contributed by atoms with E-state index in [-0.39, 0.29) is 5.56 Å². The zero-order chi connectivity index (χ0) is 14.4. The molecule has 2 rings (SSSR count). The first-order chi connectivity index (χ1) is 9.72. The molecule has 0 unspecified atom stereocenters. The summed E-state index contributed by atoms with van der Waals surface area (Å²) in [6.45, 7) is 2.15. The number of aromatic nitrogens is 2. The highest BCUT2D eigenvalue weighted by molar-refractivity contribution is 7.14. The van der Waals surface area contributed by atoms with Crippen LogP contribution in [0.15, 0.2) is 18.2 Å². The van der Waals surface area contributed by atoms with Crippen molar-refractivity contribution in [2.75, 3.05) is 26.8 Å².